The number of benzene rings is 1. The number of halogens is 1. The number of ether oxygens (including phenoxy) is 3. The second-order valence-corrected chi connectivity index (χ2v) is 13.8. The monoisotopic (exact) mass is 625 g/mol. The summed E-state index contributed by atoms with van der Waals surface area (Å²) in [6.45, 7) is 9.06. The van der Waals surface area contributed by atoms with Crippen molar-refractivity contribution in [3.63, 3.8) is 0 Å². The average molecular weight is 626 g/mol. The van der Waals surface area contributed by atoms with Crippen LogP contribution in [0.5, 0.6) is 11.9 Å². The number of hydrogen-bond acceptors (Lipinski definition) is 9. The molecule has 46 heavy (non-hydrogen) atoms. The fraction of sp³-hybridized carbons (Fsp3) is 0.543. The van der Waals surface area contributed by atoms with Crippen molar-refractivity contribution >= 4 is 27.6 Å². The number of nitrogens with one attached hydrogen (secondary N) is 1. The first-order valence-electron chi connectivity index (χ1n) is 16.9. The highest BCUT2D eigenvalue weighted by atomic mass is 19.1. The average Bonchev–Trinajstić information content (AvgIpc) is 3.69. The van der Waals surface area contributed by atoms with Crippen LogP contribution < -0.4 is 14.4 Å². The molecule has 7 heterocycles. The van der Waals surface area contributed by atoms with E-state index in [1.807, 2.05) is 0 Å². The fourth-order valence-corrected chi connectivity index (χ4v) is 8.77. The van der Waals surface area contributed by atoms with E-state index >= 15 is 4.39 Å². The first kappa shape index (κ1) is 28.4. The van der Waals surface area contributed by atoms with E-state index in [4.69, 9.17) is 29.2 Å². The van der Waals surface area contributed by atoms with Crippen molar-refractivity contribution < 1.29 is 18.6 Å². The lowest BCUT2D eigenvalue weighted by molar-refractivity contribution is 0.108. The molecule has 0 radical (unpaired) electrons. The number of rotatable bonds is 4. The third kappa shape index (κ3) is 4.34. The van der Waals surface area contributed by atoms with Gasteiger partial charge in [-0.25, -0.2) is 9.37 Å². The molecule has 1 N–H and O–H groups in total. The zero-order valence-corrected chi connectivity index (χ0v) is 26.6. The molecule has 0 saturated carbocycles. The van der Waals surface area contributed by atoms with Crippen LogP contribution in [0, 0.1) is 5.82 Å². The van der Waals surface area contributed by atoms with Gasteiger partial charge in [-0.05, 0) is 81.5 Å². The van der Waals surface area contributed by atoms with Gasteiger partial charge in [-0.2, -0.15) is 15.1 Å². The Hall–Kier alpha value is -3.83. The predicted molar refractivity (Wildman–Crippen MR) is 173 cm³/mol. The van der Waals surface area contributed by atoms with Crippen LogP contribution in [-0.4, -0.2) is 87.7 Å². The number of aromatic amines is 1. The van der Waals surface area contributed by atoms with Crippen LogP contribution in [0.1, 0.15) is 69.4 Å². The van der Waals surface area contributed by atoms with Gasteiger partial charge >= 0.3 is 6.01 Å². The Morgan fingerprint density at radius 3 is 3.02 bits per heavy atom. The number of fused-ring (bicyclic) bond motifs is 5. The van der Waals surface area contributed by atoms with Gasteiger partial charge in [0.1, 0.15) is 35.6 Å². The Morgan fingerprint density at radius 2 is 2.11 bits per heavy atom. The topological polar surface area (TPSA) is 102 Å². The van der Waals surface area contributed by atoms with Crippen molar-refractivity contribution in [3.05, 3.63) is 40.9 Å². The predicted octanol–water partition coefficient (Wildman–Crippen LogP) is 5.70. The summed E-state index contributed by atoms with van der Waals surface area (Å²) < 4.78 is 36.2. The Kier molecular flexibility index (Phi) is 6.71. The molecule has 1 aliphatic carbocycles. The van der Waals surface area contributed by atoms with Crippen molar-refractivity contribution in [1.29, 1.82) is 0 Å². The third-order valence-electron chi connectivity index (χ3n) is 11.1. The van der Waals surface area contributed by atoms with Crippen molar-refractivity contribution in [2.75, 3.05) is 51.0 Å². The lowest BCUT2D eigenvalue weighted by Gasteiger charge is -2.31. The normalized spacial score (nSPS) is 26.9. The second kappa shape index (κ2) is 10.9. The summed E-state index contributed by atoms with van der Waals surface area (Å²) in [6.07, 6.45) is 11.1. The number of aromatic nitrogens is 5. The lowest BCUT2D eigenvalue weighted by atomic mass is 9.79. The van der Waals surface area contributed by atoms with Gasteiger partial charge in [0, 0.05) is 30.6 Å². The summed E-state index contributed by atoms with van der Waals surface area (Å²) in [5, 5.41) is 8.82. The summed E-state index contributed by atoms with van der Waals surface area (Å²) in [7, 11) is 0. The van der Waals surface area contributed by atoms with Crippen molar-refractivity contribution in [2.45, 2.75) is 76.3 Å². The lowest BCUT2D eigenvalue weighted by Crippen LogP contribution is -2.43. The van der Waals surface area contributed by atoms with Gasteiger partial charge < -0.3 is 19.1 Å². The van der Waals surface area contributed by atoms with Crippen molar-refractivity contribution in [3.8, 4) is 23.1 Å². The van der Waals surface area contributed by atoms with Gasteiger partial charge in [0.05, 0.1) is 29.9 Å². The molecule has 4 aromatic rings. The van der Waals surface area contributed by atoms with Crippen LogP contribution in [0.4, 0.5) is 10.2 Å². The largest absolute Gasteiger partial charge is 0.475 e. The number of pyridine rings is 1. The maximum Gasteiger partial charge on any atom is 0.319 e. The van der Waals surface area contributed by atoms with Gasteiger partial charge in [0.15, 0.2) is 5.82 Å². The minimum absolute atomic E-state index is 0.0738. The highest BCUT2D eigenvalue weighted by Crippen LogP contribution is 2.47. The highest BCUT2D eigenvalue weighted by molar-refractivity contribution is 6.02. The maximum absolute atomic E-state index is 17.3. The van der Waals surface area contributed by atoms with Gasteiger partial charge in [0.2, 0.25) is 5.88 Å². The van der Waals surface area contributed by atoms with Gasteiger partial charge in [-0.15, -0.1) is 0 Å². The molecule has 3 aromatic heterocycles. The minimum Gasteiger partial charge on any atom is -0.475 e. The number of hydrogen-bond donors (Lipinski definition) is 1. The summed E-state index contributed by atoms with van der Waals surface area (Å²) >= 11 is 0. The minimum atomic E-state index is -0.480. The SMILES string of the molecule is C/C=C1\CN2CCC[C@@]2(COc2nc3c4c(nc(-c5c6c(cc7[nH]ncc57)CCC[C@H]6C)c(F)c4n2)OC[C@@H]2COCCCN32)C1. The molecule has 9 rings (SSSR count). The fourth-order valence-electron chi connectivity index (χ4n) is 8.77. The number of H-pyrrole nitrogens is 1. The molecule has 3 fully saturated rings. The first-order chi connectivity index (χ1) is 22.5. The van der Waals surface area contributed by atoms with Crippen LogP contribution in [-0.2, 0) is 11.2 Å². The number of allylic oxidation sites excluding steroid dienone is 1. The molecule has 3 saturated heterocycles. The second-order valence-electron chi connectivity index (χ2n) is 13.8. The number of aryl methyl sites for hydroxylation is 1. The molecule has 3 atom stereocenters. The molecular formula is C35H40FN7O3. The first-order valence-corrected chi connectivity index (χ1v) is 16.9. The highest BCUT2D eigenvalue weighted by Gasteiger charge is 2.47. The summed E-state index contributed by atoms with van der Waals surface area (Å²) in [5.41, 5.74) is 5.82. The molecule has 10 nitrogen and oxygen atoms in total. The van der Waals surface area contributed by atoms with E-state index in [1.165, 1.54) is 11.1 Å². The van der Waals surface area contributed by atoms with Gasteiger partial charge in [-0.1, -0.05) is 18.6 Å². The van der Waals surface area contributed by atoms with E-state index in [0.717, 1.165) is 80.1 Å². The molecular weight excluding hydrogens is 585 g/mol. The van der Waals surface area contributed by atoms with Crippen LogP contribution in [0.25, 0.3) is 33.1 Å². The molecule has 0 unspecified atom stereocenters. The summed E-state index contributed by atoms with van der Waals surface area (Å²) in [6, 6.07) is 2.28. The quantitative estimate of drug-likeness (QED) is 0.286. The molecule has 5 aliphatic rings. The number of nitrogens with zero attached hydrogens (tertiary/aromatic N) is 6. The Labute approximate surface area is 267 Å². The Bertz CT molecular complexity index is 1890. The summed E-state index contributed by atoms with van der Waals surface area (Å²) in [4.78, 5) is 19.5. The molecule has 1 aromatic carbocycles. The maximum atomic E-state index is 17.3. The Morgan fingerprint density at radius 1 is 1.17 bits per heavy atom. The van der Waals surface area contributed by atoms with E-state index < -0.39 is 5.82 Å². The molecule has 4 aliphatic heterocycles. The molecule has 0 bridgehead atoms. The van der Waals surface area contributed by atoms with E-state index in [-0.39, 0.29) is 34.7 Å². The smallest absolute Gasteiger partial charge is 0.319 e. The zero-order chi connectivity index (χ0) is 31.0. The third-order valence-corrected chi connectivity index (χ3v) is 11.1. The van der Waals surface area contributed by atoms with E-state index in [1.54, 1.807) is 6.20 Å². The van der Waals surface area contributed by atoms with E-state index in [2.05, 4.69) is 46.0 Å². The molecule has 240 valence electrons. The van der Waals surface area contributed by atoms with Crippen LogP contribution >= 0.6 is 0 Å². The molecule has 0 spiro atoms. The zero-order valence-electron chi connectivity index (χ0n) is 26.6. The summed E-state index contributed by atoms with van der Waals surface area (Å²) in [5.74, 6) is 0.741. The van der Waals surface area contributed by atoms with Crippen LogP contribution in [0.15, 0.2) is 23.9 Å². The number of anilines is 1. The van der Waals surface area contributed by atoms with Gasteiger partial charge in [-0.3, -0.25) is 10.00 Å². The van der Waals surface area contributed by atoms with E-state index in [0.29, 0.717) is 50.1 Å². The van der Waals surface area contributed by atoms with Crippen LogP contribution in [0.3, 0.4) is 0 Å². The van der Waals surface area contributed by atoms with Crippen molar-refractivity contribution in [1.82, 2.24) is 30.0 Å². The Balaban J connectivity index is 1.24. The van der Waals surface area contributed by atoms with E-state index in [9.17, 15) is 0 Å². The van der Waals surface area contributed by atoms with Gasteiger partial charge in [0.25, 0.3) is 0 Å². The molecule has 11 heteroatoms. The van der Waals surface area contributed by atoms with Crippen LogP contribution in [0.2, 0.25) is 0 Å². The standard InChI is InChI=1S/C35H40FN7O3/c1-3-21-14-35(9-5-10-42(35)16-21)19-46-34-39-31-28-32(40-34)43-11-6-12-44-17-23(43)18-45-33(28)38-30(29(31)36)27-24-15-37-41-25(24)13-22-8-4-7-20(2)26(22)27/h3,13,15,20,23H,4-12,14,16-19H2,1-2H3,(H,37,41)/b21-3-/t20-,23+,35+/m1/s1. The van der Waals surface area contributed by atoms with Crippen molar-refractivity contribution in [2.24, 2.45) is 0 Å². The molecule has 0 amide bonds.